The van der Waals surface area contributed by atoms with Crippen LogP contribution >= 0.6 is 11.6 Å². The van der Waals surface area contributed by atoms with Gasteiger partial charge in [0, 0.05) is 13.1 Å². The van der Waals surface area contributed by atoms with Gasteiger partial charge < -0.3 is 15.4 Å². The van der Waals surface area contributed by atoms with E-state index < -0.39 is 0 Å². The number of nitrogens with one attached hydrogen (secondary N) is 2. The van der Waals surface area contributed by atoms with E-state index in [2.05, 4.69) is 25.6 Å². The van der Waals surface area contributed by atoms with Gasteiger partial charge in [0.15, 0.2) is 0 Å². The minimum absolute atomic E-state index is 0.167. The molecule has 0 atom stereocenters. The van der Waals surface area contributed by atoms with Crippen LogP contribution < -0.4 is 15.4 Å². The predicted octanol–water partition coefficient (Wildman–Crippen LogP) is 2.62. The summed E-state index contributed by atoms with van der Waals surface area (Å²) in [6, 6.07) is 7.91. The van der Waals surface area contributed by atoms with Gasteiger partial charge >= 0.3 is 0 Å². The van der Waals surface area contributed by atoms with Crippen LogP contribution in [-0.4, -0.2) is 35.2 Å². The Morgan fingerprint density at radius 2 is 1.81 bits per heavy atom. The Morgan fingerprint density at radius 1 is 1.10 bits per heavy atom. The molecule has 1 aromatic heterocycles. The second kappa shape index (κ2) is 7.64. The van der Waals surface area contributed by atoms with E-state index in [9.17, 15) is 0 Å². The molecule has 0 aliphatic rings. The molecule has 0 unspecified atom stereocenters. The third kappa shape index (κ3) is 4.46. The number of para-hydroxylation sites is 1. The number of hydrogen-bond acceptors (Lipinski definition) is 6. The first-order valence-corrected chi connectivity index (χ1v) is 7.12. The van der Waals surface area contributed by atoms with Crippen molar-refractivity contribution in [1.82, 2.24) is 15.0 Å². The van der Waals surface area contributed by atoms with Crippen LogP contribution in [0.15, 0.2) is 24.3 Å². The van der Waals surface area contributed by atoms with Crippen LogP contribution in [0.25, 0.3) is 0 Å². The standard InChI is InChI=1S/C14H18ClN5O/c1-3-16-13-18-12(15)19-14(20-13)17-9-8-10-6-4-5-7-11(10)21-2/h4-7H,3,8-9H2,1-2H3,(H2,16,17,18,19,20). The van der Waals surface area contributed by atoms with Crippen LogP contribution in [0.3, 0.4) is 0 Å². The van der Waals surface area contributed by atoms with Gasteiger partial charge in [0.1, 0.15) is 5.75 Å². The van der Waals surface area contributed by atoms with E-state index in [0.717, 1.165) is 24.3 Å². The fraction of sp³-hybridized carbons (Fsp3) is 0.357. The summed E-state index contributed by atoms with van der Waals surface area (Å²) < 4.78 is 5.32. The first kappa shape index (κ1) is 15.3. The number of halogens is 1. The summed E-state index contributed by atoms with van der Waals surface area (Å²) in [6.45, 7) is 3.36. The first-order valence-electron chi connectivity index (χ1n) is 6.74. The van der Waals surface area contributed by atoms with E-state index in [4.69, 9.17) is 16.3 Å². The number of nitrogens with zero attached hydrogens (tertiary/aromatic N) is 3. The Labute approximate surface area is 128 Å². The number of methoxy groups -OCH3 is 1. The van der Waals surface area contributed by atoms with E-state index >= 15 is 0 Å². The molecule has 0 aliphatic heterocycles. The summed E-state index contributed by atoms with van der Waals surface area (Å²) in [5.41, 5.74) is 1.12. The number of aromatic nitrogens is 3. The molecule has 0 amide bonds. The molecule has 6 nitrogen and oxygen atoms in total. The summed E-state index contributed by atoms with van der Waals surface area (Å²) >= 11 is 5.87. The summed E-state index contributed by atoms with van der Waals surface area (Å²) in [7, 11) is 1.67. The van der Waals surface area contributed by atoms with Crippen molar-refractivity contribution in [2.24, 2.45) is 0 Å². The Kier molecular flexibility index (Phi) is 5.57. The second-order valence-electron chi connectivity index (χ2n) is 4.27. The van der Waals surface area contributed by atoms with Crippen LogP contribution in [0.5, 0.6) is 5.75 Å². The topological polar surface area (TPSA) is 72.0 Å². The minimum Gasteiger partial charge on any atom is -0.496 e. The quantitative estimate of drug-likeness (QED) is 0.819. The van der Waals surface area contributed by atoms with Crippen LogP contribution in [0, 0.1) is 0 Å². The highest BCUT2D eigenvalue weighted by atomic mass is 35.5. The fourth-order valence-electron chi connectivity index (χ4n) is 1.88. The van der Waals surface area contributed by atoms with E-state index in [1.165, 1.54) is 0 Å². The number of ether oxygens (including phenoxy) is 1. The van der Waals surface area contributed by atoms with Crippen molar-refractivity contribution in [3.05, 3.63) is 35.1 Å². The van der Waals surface area contributed by atoms with Crippen molar-refractivity contribution in [3.63, 3.8) is 0 Å². The third-order valence-corrected chi connectivity index (χ3v) is 2.98. The molecule has 0 saturated heterocycles. The van der Waals surface area contributed by atoms with Gasteiger partial charge in [-0.3, -0.25) is 0 Å². The lowest BCUT2D eigenvalue weighted by Crippen LogP contribution is -2.11. The van der Waals surface area contributed by atoms with Gasteiger partial charge in [-0.1, -0.05) is 18.2 Å². The second-order valence-corrected chi connectivity index (χ2v) is 4.61. The van der Waals surface area contributed by atoms with E-state index in [-0.39, 0.29) is 5.28 Å². The summed E-state index contributed by atoms with van der Waals surface area (Å²) in [5.74, 6) is 1.81. The summed E-state index contributed by atoms with van der Waals surface area (Å²) in [6.07, 6.45) is 0.795. The molecule has 112 valence electrons. The minimum atomic E-state index is 0.167. The van der Waals surface area contributed by atoms with Gasteiger partial charge in [-0.05, 0) is 36.6 Å². The lowest BCUT2D eigenvalue weighted by molar-refractivity contribution is 0.410. The van der Waals surface area contributed by atoms with E-state index in [0.29, 0.717) is 18.4 Å². The smallest absolute Gasteiger partial charge is 0.228 e. The van der Waals surface area contributed by atoms with Crippen molar-refractivity contribution in [1.29, 1.82) is 0 Å². The summed E-state index contributed by atoms with van der Waals surface area (Å²) in [5, 5.41) is 6.32. The number of benzene rings is 1. The lowest BCUT2D eigenvalue weighted by Gasteiger charge is -2.09. The van der Waals surface area contributed by atoms with Crippen molar-refractivity contribution in [2.75, 3.05) is 30.8 Å². The molecule has 0 bridgehead atoms. The van der Waals surface area contributed by atoms with E-state index in [1.54, 1.807) is 7.11 Å². The molecule has 7 heteroatoms. The Balaban J connectivity index is 1.97. The zero-order chi connectivity index (χ0) is 15.1. The molecular formula is C14H18ClN5O. The van der Waals surface area contributed by atoms with Gasteiger partial charge in [-0.15, -0.1) is 0 Å². The first-order chi connectivity index (χ1) is 10.2. The van der Waals surface area contributed by atoms with Crippen LogP contribution in [0.4, 0.5) is 11.9 Å². The Morgan fingerprint density at radius 3 is 2.52 bits per heavy atom. The van der Waals surface area contributed by atoms with Gasteiger partial charge in [0.05, 0.1) is 7.11 Å². The molecule has 1 aromatic carbocycles. The van der Waals surface area contributed by atoms with Gasteiger partial charge in [-0.2, -0.15) is 15.0 Å². The van der Waals surface area contributed by atoms with Gasteiger partial charge in [-0.25, -0.2) is 0 Å². The molecule has 2 rings (SSSR count). The zero-order valence-electron chi connectivity index (χ0n) is 12.1. The zero-order valence-corrected chi connectivity index (χ0v) is 12.8. The molecule has 0 spiro atoms. The van der Waals surface area contributed by atoms with Gasteiger partial charge in [0.2, 0.25) is 17.2 Å². The van der Waals surface area contributed by atoms with Crippen LogP contribution in [0.2, 0.25) is 5.28 Å². The molecule has 0 radical (unpaired) electrons. The molecule has 2 aromatic rings. The van der Waals surface area contributed by atoms with Crippen LogP contribution in [-0.2, 0) is 6.42 Å². The maximum absolute atomic E-state index is 5.87. The SMILES string of the molecule is CCNc1nc(Cl)nc(NCCc2ccccc2OC)n1. The van der Waals surface area contributed by atoms with Crippen molar-refractivity contribution < 1.29 is 4.74 Å². The number of rotatable bonds is 7. The highest BCUT2D eigenvalue weighted by Crippen LogP contribution is 2.17. The van der Waals surface area contributed by atoms with Gasteiger partial charge in [0.25, 0.3) is 0 Å². The Bertz CT molecular complexity index is 593. The molecule has 0 saturated carbocycles. The average Bonchev–Trinajstić information content (AvgIpc) is 2.47. The normalized spacial score (nSPS) is 10.2. The number of hydrogen-bond donors (Lipinski definition) is 2. The van der Waals surface area contributed by atoms with Crippen molar-refractivity contribution in [3.8, 4) is 5.75 Å². The molecule has 0 aliphatic carbocycles. The Hall–Kier alpha value is -2.08. The maximum atomic E-state index is 5.87. The monoisotopic (exact) mass is 307 g/mol. The number of anilines is 2. The molecule has 2 N–H and O–H groups in total. The molecular weight excluding hydrogens is 290 g/mol. The summed E-state index contributed by atoms with van der Waals surface area (Å²) in [4.78, 5) is 12.3. The van der Waals surface area contributed by atoms with Crippen LogP contribution in [0.1, 0.15) is 12.5 Å². The molecule has 21 heavy (non-hydrogen) atoms. The average molecular weight is 308 g/mol. The molecule has 0 fully saturated rings. The highest BCUT2D eigenvalue weighted by Gasteiger charge is 2.05. The largest absolute Gasteiger partial charge is 0.496 e. The van der Waals surface area contributed by atoms with Crippen molar-refractivity contribution in [2.45, 2.75) is 13.3 Å². The highest BCUT2D eigenvalue weighted by molar-refractivity contribution is 6.28. The predicted molar refractivity (Wildman–Crippen MR) is 84.2 cm³/mol. The third-order valence-electron chi connectivity index (χ3n) is 2.81. The van der Waals surface area contributed by atoms with E-state index in [1.807, 2.05) is 31.2 Å². The van der Waals surface area contributed by atoms with Crippen molar-refractivity contribution >= 4 is 23.5 Å². The maximum Gasteiger partial charge on any atom is 0.228 e. The fourth-order valence-corrected chi connectivity index (χ4v) is 2.04. The lowest BCUT2D eigenvalue weighted by atomic mass is 10.1. The molecule has 1 heterocycles.